The molecule has 0 aliphatic carbocycles. The molecule has 1 spiro atoms. The molecule has 3 heterocycles. The molecule has 1 fully saturated rings. The van der Waals surface area contributed by atoms with Crippen molar-refractivity contribution in [3.8, 4) is 11.5 Å². The Hall–Kier alpha value is -2.54. The molecule has 6 nitrogen and oxygen atoms in total. The van der Waals surface area contributed by atoms with Gasteiger partial charge in [0.25, 0.3) is 0 Å². The van der Waals surface area contributed by atoms with Gasteiger partial charge in [-0.15, -0.1) is 0 Å². The maximum atomic E-state index is 10.9. The van der Waals surface area contributed by atoms with Gasteiger partial charge in [0.15, 0.2) is 0 Å². The quantitative estimate of drug-likeness (QED) is 0.615. The van der Waals surface area contributed by atoms with Crippen LogP contribution < -0.4 is 9.47 Å². The molecule has 0 radical (unpaired) electrons. The third kappa shape index (κ3) is 3.45. The molecule has 3 aromatic rings. The number of methoxy groups -OCH3 is 1. The zero-order valence-electron chi connectivity index (χ0n) is 17.2. The lowest BCUT2D eigenvalue weighted by Crippen LogP contribution is -2.51. The van der Waals surface area contributed by atoms with Crippen molar-refractivity contribution in [3.05, 3.63) is 59.8 Å². The number of piperidine rings is 1. The first-order chi connectivity index (χ1) is 14.6. The summed E-state index contributed by atoms with van der Waals surface area (Å²) < 4.78 is 11.6. The third-order valence-corrected chi connectivity index (χ3v) is 6.65. The second-order valence-corrected chi connectivity index (χ2v) is 8.51. The van der Waals surface area contributed by atoms with E-state index >= 15 is 0 Å². The van der Waals surface area contributed by atoms with E-state index < -0.39 is 12.2 Å². The van der Waals surface area contributed by atoms with Crippen LogP contribution in [0.4, 0.5) is 0 Å². The molecule has 1 saturated heterocycles. The lowest BCUT2D eigenvalue weighted by Gasteiger charge is -2.46. The van der Waals surface area contributed by atoms with E-state index in [1.54, 1.807) is 7.11 Å². The number of rotatable bonds is 4. The standard InChI is InChI=1S/C24H28N2O4/c1-29-16-6-7-17-19(14-25-20(17)12-16)22(28)15-26-10-8-24(9-11-26)13-21(27)18-4-2-3-5-23(18)30-24/h2-7,12,14,21-22,25,27-28H,8-11,13,15H2,1H3. The highest BCUT2D eigenvalue weighted by Crippen LogP contribution is 2.44. The summed E-state index contributed by atoms with van der Waals surface area (Å²) in [7, 11) is 1.65. The van der Waals surface area contributed by atoms with Gasteiger partial charge in [0.05, 0.1) is 19.3 Å². The van der Waals surface area contributed by atoms with Crippen molar-refractivity contribution in [1.82, 2.24) is 9.88 Å². The Balaban J connectivity index is 1.25. The smallest absolute Gasteiger partial charge is 0.125 e. The number of ether oxygens (including phenoxy) is 2. The fraction of sp³-hybridized carbons (Fsp3) is 0.417. The van der Waals surface area contributed by atoms with Crippen molar-refractivity contribution >= 4 is 10.9 Å². The Morgan fingerprint density at radius 2 is 2.03 bits per heavy atom. The molecule has 2 atom stereocenters. The van der Waals surface area contributed by atoms with Crippen LogP contribution in [0.2, 0.25) is 0 Å². The number of β-amino-alcohol motifs (C(OH)–C–C–N with tert-alkyl or cyclic N) is 1. The van der Waals surface area contributed by atoms with Crippen LogP contribution in [0.25, 0.3) is 10.9 Å². The number of benzene rings is 2. The average molecular weight is 408 g/mol. The van der Waals surface area contributed by atoms with E-state index in [0.29, 0.717) is 13.0 Å². The zero-order chi connectivity index (χ0) is 20.7. The van der Waals surface area contributed by atoms with Gasteiger partial charge in [-0.05, 0) is 31.0 Å². The zero-order valence-corrected chi connectivity index (χ0v) is 17.2. The highest BCUT2D eigenvalue weighted by Gasteiger charge is 2.43. The summed E-state index contributed by atoms with van der Waals surface area (Å²) in [4.78, 5) is 5.52. The molecule has 30 heavy (non-hydrogen) atoms. The first-order valence-electron chi connectivity index (χ1n) is 10.6. The summed E-state index contributed by atoms with van der Waals surface area (Å²) >= 11 is 0. The molecule has 2 aliphatic heterocycles. The molecule has 158 valence electrons. The number of hydrogen-bond acceptors (Lipinski definition) is 5. The molecule has 3 N–H and O–H groups in total. The molecule has 0 amide bonds. The summed E-state index contributed by atoms with van der Waals surface area (Å²) in [6.07, 6.45) is 3.16. The lowest BCUT2D eigenvalue weighted by molar-refractivity contribution is -0.0587. The fourth-order valence-electron chi connectivity index (χ4n) is 4.91. The molecular weight excluding hydrogens is 380 g/mol. The number of aromatic nitrogens is 1. The molecule has 2 unspecified atom stereocenters. The Labute approximate surface area is 176 Å². The molecule has 0 bridgehead atoms. The lowest BCUT2D eigenvalue weighted by atomic mass is 9.81. The molecule has 0 saturated carbocycles. The monoisotopic (exact) mass is 408 g/mol. The molecule has 6 heteroatoms. The number of H-pyrrole nitrogens is 1. The van der Waals surface area contributed by atoms with E-state index in [1.807, 2.05) is 48.7 Å². The minimum Gasteiger partial charge on any atom is -0.497 e. The van der Waals surface area contributed by atoms with Crippen LogP contribution in [0, 0.1) is 0 Å². The van der Waals surface area contributed by atoms with Gasteiger partial charge in [0, 0.05) is 60.3 Å². The maximum Gasteiger partial charge on any atom is 0.125 e. The second kappa shape index (κ2) is 7.61. The van der Waals surface area contributed by atoms with Crippen molar-refractivity contribution in [3.63, 3.8) is 0 Å². The van der Waals surface area contributed by atoms with E-state index in [-0.39, 0.29) is 5.60 Å². The van der Waals surface area contributed by atoms with Gasteiger partial charge in [-0.2, -0.15) is 0 Å². The van der Waals surface area contributed by atoms with Crippen LogP contribution >= 0.6 is 0 Å². The van der Waals surface area contributed by atoms with Gasteiger partial charge in [-0.1, -0.05) is 18.2 Å². The van der Waals surface area contributed by atoms with Gasteiger partial charge >= 0.3 is 0 Å². The van der Waals surface area contributed by atoms with Crippen molar-refractivity contribution < 1.29 is 19.7 Å². The summed E-state index contributed by atoms with van der Waals surface area (Å²) in [6, 6.07) is 13.6. The number of aliphatic hydroxyl groups excluding tert-OH is 2. The highest BCUT2D eigenvalue weighted by atomic mass is 16.5. The number of para-hydroxylation sites is 1. The van der Waals surface area contributed by atoms with Crippen LogP contribution in [-0.2, 0) is 0 Å². The summed E-state index contributed by atoms with van der Waals surface area (Å²) in [5.74, 6) is 1.60. The van der Waals surface area contributed by atoms with Gasteiger partial charge in [0.2, 0.25) is 0 Å². The minimum absolute atomic E-state index is 0.313. The number of fused-ring (bicyclic) bond motifs is 2. The number of aromatic amines is 1. The first kappa shape index (κ1) is 19.4. The van der Waals surface area contributed by atoms with Gasteiger partial charge < -0.3 is 29.6 Å². The van der Waals surface area contributed by atoms with E-state index in [1.165, 1.54) is 0 Å². The summed E-state index contributed by atoms with van der Waals surface area (Å²) in [6.45, 7) is 2.25. The topological polar surface area (TPSA) is 78.0 Å². The van der Waals surface area contributed by atoms with Crippen LogP contribution in [0.15, 0.2) is 48.7 Å². The average Bonchev–Trinajstić information content (AvgIpc) is 3.19. The van der Waals surface area contributed by atoms with Crippen LogP contribution in [0.5, 0.6) is 11.5 Å². The van der Waals surface area contributed by atoms with Crippen LogP contribution in [0.3, 0.4) is 0 Å². The van der Waals surface area contributed by atoms with E-state index in [0.717, 1.165) is 59.5 Å². The normalized spacial score (nSPS) is 21.9. The Morgan fingerprint density at radius 3 is 2.83 bits per heavy atom. The summed E-state index contributed by atoms with van der Waals surface area (Å²) in [5, 5.41) is 22.5. The molecule has 1 aromatic heterocycles. The number of nitrogens with one attached hydrogen (secondary N) is 1. The largest absolute Gasteiger partial charge is 0.497 e. The minimum atomic E-state index is -0.570. The molecule has 2 aromatic carbocycles. The Bertz CT molecular complexity index is 1040. The Morgan fingerprint density at radius 1 is 1.23 bits per heavy atom. The van der Waals surface area contributed by atoms with Crippen molar-refractivity contribution in [1.29, 1.82) is 0 Å². The number of nitrogens with zero attached hydrogens (tertiary/aromatic N) is 1. The van der Waals surface area contributed by atoms with Crippen molar-refractivity contribution in [2.45, 2.75) is 37.1 Å². The van der Waals surface area contributed by atoms with E-state index in [4.69, 9.17) is 9.47 Å². The fourth-order valence-corrected chi connectivity index (χ4v) is 4.91. The van der Waals surface area contributed by atoms with E-state index in [2.05, 4.69) is 9.88 Å². The van der Waals surface area contributed by atoms with Gasteiger partial charge in [-0.3, -0.25) is 0 Å². The Kier molecular flexibility index (Phi) is 4.93. The van der Waals surface area contributed by atoms with Crippen LogP contribution in [0.1, 0.15) is 42.6 Å². The maximum absolute atomic E-state index is 10.9. The third-order valence-electron chi connectivity index (χ3n) is 6.65. The van der Waals surface area contributed by atoms with Crippen LogP contribution in [-0.4, -0.2) is 52.4 Å². The predicted octanol–water partition coefficient (Wildman–Crippen LogP) is 3.56. The van der Waals surface area contributed by atoms with Crippen molar-refractivity contribution in [2.24, 2.45) is 0 Å². The molecular formula is C24H28N2O4. The first-order valence-corrected chi connectivity index (χ1v) is 10.6. The molecule has 5 rings (SSSR count). The summed E-state index contributed by atoms with van der Waals surface area (Å²) in [5.41, 5.74) is 2.44. The highest BCUT2D eigenvalue weighted by molar-refractivity contribution is 5.84. The van der Waals surface area contributed by atoms with Crippen molar-refractivity contribution in [2.75, 3.05) is 26.7 Å². The predicted molar refractivity (Wildman–Crippen MR) is 115 cm³/mol. The number of hydrogen-bond donors (Lipinski definition) is 3. The van der Waals surface area contributed by atoms with Gasteiger partial charge in [-0.25, -0.2) is 0 Å². The number of aliphatic hydroxyl groups is 2. The number of likely N-dealkylation sites (tertiary alicyclic amines) is 1. The SMILES string of the molecule is COc1ccc2c(C(O)CN3CCC4(CC3)CC(O)c3ccccc3O4)c[nH]c2c1. The van der Waals surface area contributed by atoms with E-state index in [9.17, 15) is 10.2 Å². The van der Waals surface area contributed by atoms with Gasteiger partial charge in [0.1, 0.15) is 17.1 Å². The second-order valence-electron chi connectivity index (χ2n) is 8.51. The molecule has 2 aliphatic rings.